The van der Waals surface area contributed by atoms with E-state index >= 15 is 0 Å². The van der Waals surface area contributed by atoms with Crippen LogP contribution >= 0.6 is 0 Å². The average molecular weight is 716 g/mol. The second-order valence-electron chi connectivity index (χ2n) is 15.4. The average Bonchev–Trinajstić information content (AvgIpc) is 3.50. The van der Waals surface area contributed by atoms with Gasteiger partial charge in [-0.25, -0.2) is 0 Å². The number of hydrogen-bond donors (Lipinski definition) is 0. The van der Waals surface area contributed by atoms with Gasteiger partial charge in [-0.3, -0.25) is 0 Å². The van der Waals surface area contributed by atoms with Crippen molar-refractivity contribution in [2.75, 3.05) is 4.90 Å². The Hall–Kier alpha value is -6.96. The first-order valence-corrected chi connectivity index (χ1v) is 19.5. The third-order valence-electron chi connectivity index (χ3n) is 11.6. The first-order chi connectivity index (χ1) is 27.5. The maximum Gasteiger partial charge on any atom is 0.0508 e. The van der Waals surface area contributed by atoms with Gasteiger partial charge >= 0.3 is 0 Å². The molecule has 0 saturated carbocycles. The molecule has 9 aromatic rings. The second-order valence-corrected chi connectivity index (χ2v) is 15.4. The van der Waals surface area contributed by atoms with Crippen LogP contribution in [0.3, 0.4) is 0 Å². The van der Waals surface area contributed by atoms with Crippen molar-refractivity contribution in [1.82, 2.24) is 0 Å². The molecule has 1 aliphatic carbocycles. The molecule has 0 heterocycles. The van der Waals surface area contributed by atoms with E-state index in [-0.39, 0.29) is 5.41 Å². The molecule has 56 heavy (non-hydrogen) atoms. The normalized spacial score (nSPS) is 12.6. The van der Waals surface area contributed by atoms with Crippen molar-refractivity contribution in [3.05, 3.63) is 223 Å². The summed E-state index contributed by atoms with van der Waals surface area (Å²) in [6.07, 6.45) is 0. The predicted molar refractivity (Wildman–Crippen MR) is 238 cm³/mol. The largest absolute Gasteiger partial charge is 0.310 e. The molecule has 0 spiro atoms. The number of benzene rings is 9. The van der Waals surface area contributed by atoms with Crippen molar-refractivity contribution in [2.45, 2.75) is 19.3 Å². The lowest BCUT2D eigenvalue weighted by molar-refractivity contribution is 0.661. The van der Waals surface area contributed by atoms with E-state index in [1.54, 1.807) is 0 Å². The van der Waals surface area contributed by atoms with Crippen molar-refractivity contribution in [2.24, 2.45) is 0 Å². The van der Waals surface area contributed by atoms with Gasteiger partial charge < -0.3 is 4.90 Å². The minimum Gasteiger partial charge on any atom is -0.310 e. The fraction of sp³-hybridized carbons (Fsp3) is 0.0545. The minimum absolute atomic E-state index is 0.181. The van der Waals surface area contributed by atoms with E-state index in [1.165, 1.54) is 83.2 Å². The zero-order valence-electron chi connectivity index (χ0n) is 31.7. The van der Waals surface area contributed by atoms with Gasteiger partial charge in [0.05, 0.1) is 5.69 Å². The van der Waals surface area contributed by atoms with Crippen LogP contribution in [-0.4, -0.2) is 0 Å². The summed E-state index contributed by atoms with van der Waals surface area (Å²) in [5, 5.41) is 2.50. The van der Waals surface area contributed by atoms with E-state index < -0.39 is 0 Å². The van der Waals surface area contributed by atoms with Gasteiger partial charge in [0.15, 0.2) is 0 Å². The summed E-state index contributed by atoms with van der Waals surface area (Å²) in [5.41, 5.74) is 18.2. The molecule has 0 aliphatic heterocycles. The summed E-state index contributed by atoms with van der Waals surface area (Å²) in [4.78, 5) is 2.47. The summed E-state index contributed by atoms with van der Waals surface area (Å²) in [5.74, 6) is 0. The van der Waals surface area contributed by atoms with Crippen molar-refractivity contribution in [3.8, 4) is 55.6 Å². The lowest BCUT2D eigenvalue weighted by Crippen LogP contribution is -2.20. The molecule has 1 heteroatoms. The Balaban J connectivity index is 1.14. The molecular formula is C55H41N. The highest BCUT2D eigenvalue weighted by molar-refractivity contribution is 5.98. The number of rotatable bonds is 7. The quantitative estimate of drug-likeness (QED) is 0.159. The van der Waals surface area contributed by atoms with Crippen LogP contribution in [0.15, 0.2) is 212 Å². The van der Waals surface area contributed by atoms with Crippen molar-refractivity contribution in [1.29, 1.82) is 0 Å². The van der Waals surface area contributed by atoms with Crippen LogP contribution in [0.5, 0.6) is 0 Å². The Kier molecular flexibility index (Phi) is 8.23. The molecule has 0 N–H and O–H groups in total. The van der Waals surface area contributed by atoms with Crippen LogP contribution in [0.25, 0.3) is 66.4 Å². The Morgan fingerprint density at radius 3 is 1.57 bits per heavy atom. The maximum absolute atomic E-state index is 2.47. The SMILES string of the molecule is CC1(C)c2ccccc2-c2cccc(N(c3ccc(-c4cc(-c5ccccc5)cc(-c5ccccc5)c4)cc3)c3cccc(-c4cccc5ccccc45)c3)c21. The number of nitrogens with zero attached hydrogens (tertiary/aromatic N) is 1. The van der Waals surface area contributed by atoms with Gasteiger partial charge in [0, 0.05) is 16.8 Å². The van der Waals surface area contributed by atoms with Crippen LogP contribution in [0.2, 0.25) is 0 Å². The van der Waals surface area contributed by atoms with Crippen molar-refractivity contribution in [3.63, 3.8) is 0 Å². The molecule has 1 nitrogen and oxygen atoms in total. The van der Waals surface area contributed by atoms with Gasteiger partial charge in [0.25, 0.3) is 0 Å². The Morgan fingerprint density at radius 1 is 0.339 bits per heavy atom. The van der Waals surface area contributed by atoms with Crippen LogP contribution < -0.4 is 4.90 Å². The number of anilines is 3. The number of hydrogen-bond acceptors (Lipinski definition) is 1. The van der Waals surface area contributed by atoms with Crippen molar-refractivity contribution < 1.29 is 0 Å². The molecule has 0 fully saturated rings. The number of fused-ring (bicyclic) bond motifs is 4. The zero-order chi connectivity index (χ0) is 37.6. The summed E-state index contributed by atoms with van der Waals surface area (Å²) in [7, 11) is 0. The Bertz CT molecular complexity index is 2800. The summed E-state index contributed by atoms with van der Waals surface area (Å²) in [6, 6.07) is 77.6. The fourth-order valence-corrected chi connectivity index (χ4v) is 8.91. The van der Waals surface area contributed by atoms with Crippen molar-refractivity contribution >= 4 is 27.8 Å². The van der Waals surface area contributed by atoms with E-state index in [9.17, 15) is 0 Å². The molecule has 0 saturated heterocycles. The highest BCUT2D eigenvalue weighted by Gasteiger charge is 2.38. The maximum atomic E-state index is 2.47. The molecule has 0 radical (unpaired) electrons. The summed E-state index contributed by atoms with van der Waals surface area (Å²) in [6.45, 7) is 4.75. The van der Waals surface area contributed by atoms with Crippen LogP contribution in [0.1, 0.15) is 25.0 Å². The van der Waals surface area contributed by atoms with Gasteiger partial charge in [-0.2, -0.15) is 0 Å². The third-order valence-corrected chi connectivity index (χ3v) is 11.6. The lowest BCUT2D eigenvalue weighted by atomic mass is 9.81. The van der Waals surface area contributed by atoms with Gasteiger partial charge in [-0.05, 0) is 126 Å². The Morgan fingerprint density at radius 2 is 0.857 bits per heavy atom. The molecule has 0 atom stereocenters. The van der Waals surface area contributed by atoms with Crippen LogP contribution in [-0.2, 0) is 5.41 Å². The fourth-order valence-electron chi connectivity index (χ4n) is 8.91. The molecule has 266 valence electrons. The second kappa shape index (κ2) is 13.7. The van der Waals surface area contributed by atoms with Crippen LogP contribution in [0.4, 0.5) is 17.1 Å². The molecule has 1 aliphatic rings. The molecular weight excluding hydrogens is 675 g/mol. The smallest absolute Gasteiger partial charge is 0.0508 e. The van der Waals surface area contributed by atoms with Gasteiger partial charge in [-0.1, -0.05) is 178 Å². The molecule has 0 unspecified atom stereocenters. The standard InChI is InChI=1S/C55H41N/c1-55(2)52-28-12-11-25-50(52)51-27-15-29-53(54(51)55)56(47-23-13-22-42(37-47)49-26-14-21-41-20-9-10-24-48(41)49)46-32-30-40(31-33-46)45-35-43(38-16-5-3-6-17-38)34-44(36-45)39-18-7-4-8-19-39/h3-37H,1-2H3. The van der Waals surface area contributed by atoms with Gasteiger partial charge in [0.1, 0.15) is 0 Å². The predicted octanol–water partition coefficient (Wildman–Crippen LogP) is 15.3. The van der Waals surface area contributed by atoms with E-state index in [0.29, 0.717) is 0 Å². The van der Waals surface area contributed by atoms with Crippen LogP contribution in [0, 0.1) is 0 Å². The molecule has 0 bridgehead atoms. The first-order valence-electron chi connectivity index (χ1n) is 19.5. The molecule has 0 aromatic heterocycles. The van der Waals surface area contributed by atoms with E-state index in [0.717, 1.165) is 11.4 Å². The zero-order valence-corrected chi connectivity index (χ0v) is 31.7. The molecule has 0 amide bonds. The Labute approximate surface area is 329 Å². The minimum atomic E-state index is -0.181. The van der Waals surface area contributed by atoms with E-state index in [1.807, 2.05) is 0 Å². The third kappa shape index (κ3) is 5.81. The van der Waals surface area contributed by atoms with Gasteiger partial charge in [0.2, 0.25) is 0 Å². The first kappa shape index (κ1) is 33.6. The lowest BCUT2D eigenvalue weighted by Gasteiger charge is -2.32. The monoisotopic (exact) mass is 715 g/mol. The highest BCUT2D eigenvalue weighted by Crippen LogP contribution is 2.54. The van der Waals surface area contributed by atoms with Gasteiger partial charge in [-0.15, -0.1) is 0 Å². The summed E-state index contributed by atoms with van der Waals surface area (Å²) >= 11 is 0. The summed E-state index contributed by atoms with van der Waals surface area (Å²) < 4.78 is 0. The molecule has 10 rings (SSSR count). The molecule has 9 aromatic carbocycles. The van der Waals surface area contributed by atoms with E-state index in [4.69, 9.17) is 0 Å². The highest BCUT2D eigenvalue weighted by atomic mass is 15.1. The van der Waals surface area contributed by atoms with E-state index in [2.05, 4.69) is 231 Å². The topological polar surface area (TPSA) is 3.24 Å².